The van der Waals surface area contributed by atoms with Crippen molar-refractivity contribution in [3.05, 3.63) is 71.5 Å². The molecule has 0 spiro atoms. The number of rotatable bonds is 11. The fraction of sp³-hybridized carbons (Fsp3) is 0.304. The van der Waals surface area contributed by atoms with Crippen LogP contribution in [0.2, 0.25) is 0 Å². The number of hydrogen-bond acceptors (Lipinski definition) is 6. The minimum atomic E-state index is -0.0993. The van der Waals surface area contributed by atoms with Gasteiger partial charge < -0.3 is 24.5 Å². The number of aliphatic hydroxyl groups excluding tert-OH is 1. The van der Waals surface area contributed by atoms with Gasteiger partial charge in [0.2, 0.25) is 5.91 Å². The second-order valence-electron chi connectivity index (χ2n) is 6.84. The molecule has 2 aromatic carbocycles. The number of amides is 1. The third kappa shape index (κ3) is 6.26. The van der Waals surface area contributed by atoms with Crippen LogP contribution in [0.15, 0.2) is 59.9 Å². The van der Waals surface area contributed by atoms with Crippen molar-refractivity contribution in [2.45, 2.75) is 24.7 Å². The molecule has 0 aliphatic heterocycles. The highest BCUT2D eigenvalue weighted by Gasteiger charge is 2.13. The Morgan fingerprint density at radius 3 is 2.58 bits per heavy atom. The molecule has 0 radical (unpaired) electrons. The number of carbonyl (C=O) groups is 1. The summed E-state index contributed by atoms with van der Waals surface area (Å²) in [5.41, 5.74) is 2.88. The summed E-state index contributed by atoms with van der Waals surface area (Å²) in [4.78, 5) is 16.7. The van der Waals surface area contributed by atoms with Gasteiger partial charge in [-0.3, -0.25) is 4.79 Å². The molecule has 1 amide bonds. The van der Waals surface area contributed by atoms with E-state index in [2.05, 4.69) is 10.3 Å². The number of nitrogens with zero attached hydrogens (tertiary/aromatic N) is 2. The van der Waals surface area contributed by atoms with Gasteiger partial charge in [0.05, 0.1) is 38.5 Å². The maximum Gasteiger partial charge on any atom is 0.230 e. The SMILES string of the molecule is COc1ccc(CCNC(=O)CSc2ncc(CO)n2Cc2ccccc2)cc1OC. The van der Waals surface area contributed by atoms with Crippen molar-refractivity contribution in [3.8, 4) is 11.5 Å². The molecule has 7 nitrogen and oxygen atoms in total. The third-order valence-electron chi connectivity index (χ3n) is 4.76. The van der Waals surface area contributed by atoms with Gasteiger partial charge in [0.25, 0.3) is 0 Å². The van der Waals surface area contributed by atoms with Gasteiger partial charge in [0, 0.05) is 13.1 Å². The average molecular weight is 442 g/mol. The number of hydrogen-bond donors (Lipinski definition) is 2. The highest BCUT2D eigenvalue weighted by Crippen LogP contribution is 2.27. The first-order chi connectivity index (χ1) is 15.1. The largest absolute Gasteiger partial charge is 0.493 e. The van der Waals surface area contributed by atoms with Crippen molar-refractivity contribution in [1.82, 2.24) is 14.9 Å². The van der Waals surface area contributed by atoms with Crippen molar-refractivity contribution in [1.29, 1.82) is 0 Å². The predicted molar refractivity (Wildman–Crippen MR) is 121 cm³/mol. The van der Waals surface area contributed by atoms with E-state index in [-0.39, 0.29) is 18.3 Å². The first-order valence-corrected chi connectivity index (χ1v) is 10.9. The molecule has 3 aromatic rings. The first kappa shape index (κ1) is 22.7. The Kier molecular flexibility index (Phi) is 8.37. The number of aliphatic hydroxyl groups is 1. The molecule has 0 saturated heterocycles. The van der Waals surface area contributed by atoms with Crippen LogP contribution in [0.5, 0.6) is 11.5 Å². The molecule has 8 heteroatoms. The second-order valence-corrected chi connectivity index (χ2v) is 7.78. The summed E-state index contributed by atoms with van der Waals surface area (Å²) in [5.74, 6) is 1.54. The van der Waals surface area contributed by atoms with E-state index in [4.69, 9.17) is 9.47 Å². The van der Waals surface area contributed by atoms with Crippen LogP contribution in [-0.4, -0.2) is 47.1 Å². The minimum Gasteiger partial charge on any atom is -0.493 e. The Bertz CT molecular complexity index is 992. The van der Waals surface area contributed by atoms with Crippen molar-refractivity contribution >= 4 is 17.7 Å². The normalized spacial score (nSPS) is 10.7. The Morgan fingerprint density at radius 2 is 1.87 bits per heavy atom. The van der Waals surface area contributed by atoms with Gasteiger partial charge in [-0.1, -0.05) is 48.2 Å². The summed E-state index contributed by atoms with van der Waals surface area (Å²) in [6, 6.07) is 15.7. The molecule has 1 heterocycles. The van der Waals surface area contributed by atoms with E-state index in [1.54, 1.807) is 20.4 Å². The fourth-order valence-corrected chi connectivity index (χ4v) is 3.96. The molecule has 164 valence electrons. The number of nitrogens with one attached hydrogen (secondary N) is 1. The lowest BCUT2D eigenvalue weighted by molar-refractivity contribution is -0.118. The molecule has 0 atom stereocenters. The number of imidazole rings is 1. The summed E-state index contributed by atoms with van der Waals surface area (Å²) in [6.45, 7) is 1.02. The van der Waals surface area contributed by atoms with Gasteiger partial charge in [0.1, 0.15) is 0 Å². The molecule has 2 N–H and O–H groups in total. The molecule has 1 aromatic heterocycles. The van der Waals surface area contributed by atoms with Crippen molar-refractivity contribution in [2.75, 3.05) is 26.5 Å². The van der Waals surface area contributed by atoms with Crippen molar-refractivity contribution in [2.24, 2.45) is 0 Å². The van der Waals surface area contributed by atoms with E-state index in [9.17, 15) is 9.90 Å². The number of thioether (sulfide) groups is 1. The van der Waals surface area contributed by atoms with Crippen LogP contribution in [0.3, 0.4) is 0 Å². The summed E-state index contributed by atoms with van der Waals surface area (Å²) in [7, 11) is 3.20. The van der Waals surface area contributed by atoms with Crippen molar-refractivity contribution in [3.63, 3.8) is 0 Å². The van der Waals surface area contributed by atoms with Crippen LogP contribution >= 0.6 is 11.8 Å². The van der Waals surface area contributed by atoms with Crippen LogP contribution in [-0.2, 0) is 24.4 Å². The van der Waals surface area contributed by atoms with E-state index < -0.39 is 0 Å². The molecule has 31 heavy (non-hydrogen) atoms. The molecule has 0 bridgehead atoms. The van der Waals surface area contributed by atoms with Gasteiger partial charge in [-0.25, -0.2) is 4.98 Å². The number of carbonyl (C=O) groups excluding carboxylic acids is 1. The van der Waals surface area contributed by atoms with Gasteiger partial charge in [0.15, 0.2) is 16.7 Å². The molecule has 3 rings (SSSR count). The first-order valence-electron chi connectivity index (χ1n) is 9.94. The molecule has 0 fully saturated rings. The lowest BCUT2D eigenvalue weighted by Crippen LogP contribution is -2.27. The zero-order valence-corrected chi connectivity index (χ0v) is 18.5. The molecule has 0 saturated carbocycles. The smallest absolute Gasteiger partial charge is 0.230 e. The zero-order chi connectivity index (χ0) is 22.1. The number of benzene rings is 2. The number of ether oxygens (including phenoxy) is 2. The topological polar surface area (TPSA) is 85.6 Å². The Morgan fingerprint density at radius 1 is 1.10 bits per heavy atom. The Labute approximate surface area is 186 Å². The molecule has 0 unspecified atom stereocenters. The predicted octanol–water partition coefficient (Wildman–Crippen LogP) is 2.89. The standard InChI is InChI=1S/C23H27N3O4S/c1-29-20-9-8-17(12-21(20)30-2)10-11-24-22(28)16-31-23-25-13-19(15-27)26(23)14-18-6-4-3-5-7-18/h3-9,12-13,27H,10-11,14-16H2,1-2H3,(H,24,28). The van der Waals surface area contributed by atoms with Crippen molar-refractivity contribution < 1.29 is 19.4 Å². The Hall–Kier alpha value is -2.97. The summed E-state index contributed by atoms with van der Waals surface area (Å²) in [5, 5.41) is 13.3. The van der Waals surface area contributed by atoms with E-state index in [0.717, 1.165) is 16.8 Å². The van der Waals surface area contributed by atoms with Crippen LogP contribution < -0.4 is 14.8 Å². The van der Waals surface area contributed by atoms with Gasteiger partial charge in [-0.2, -0.15) is 0 Å². The van der Waals surface area contributed by atoms with E-state index in [1.807, 2.05) is 53.1 Å². The molecular formula is C23H27N3O4S. The monoisotopic (exact) mass is 441 g/mol. The van der Waals surface area contributed by atoms with Crippen LogP contribution in [0.1, 0.15) is 16.8 Å². The fourth-order valence-electron chi connectivity index (χ4n) is 3.13. The van der Waals surface area contributed by atoms with Crippen LogP contribution in [0.4, 0.5) is 0 Å². The highest BCUT2D eigenvalue weighted by molar-refractivity contribution is 7.99. The number of methoxy groups -OCH3 is 2. The maximum atomic E-state index is 12.3. The maximum absolute atomic E-state index is 12.3. The third-order valence-corrected chi connectivity index (χ3v) is 5.75. The molecular weight excluding hydrogens is 414 g/mol. The number of aromatic nitrogens is 2. The summed E-state index contributed by atoms with van der Waals surface area (Å²) in [6.07, 6.45) is 2.34. The second kappa shape index (κ2) is 11.4. The average Bonchev–Trinajstić information content (AvgIpc) is 3.19. The minimum absolute atomic E-state index is 0.0645. The van der Waals surface area contributed by atoms with Gasteiger partial charge in [-0.15, -0.1) is 0 Å². The van der Waals surface area contributed by atoms with E-state index in [0.29, 0.717) is 36.2 Å². The van der Waals surface area contributed by atoms with E-state index in [1.165, 1.54) is 11.8 Å². The quantitative estimate of drug-likeness (QED) is 0.445. The van der Waals surface area contributed by atoms with Crippen LogP contribution in [0.25, 0.3) is 0 Å². The lowest BCUT2D eigenvalue weighted by Gasteiger charge is -2.11. The van der Waals surface area contributed by atoms with Gasteiger partial charge in [-0.05, 0) is 29.7 Å². The van der Waals surface area contributed by atoms with E-state index >= 15 is 0 Å². The zero-order valence-electron chi connectivity index (χ0n) is 17.7. The summed E-state index contributed by atoms with van der Waals surface area (Å²) < 4.78 is 12.5. The highest BCUT2D eigenvalue weighted by atomic mass is 32.2. The molecule has 0 aliphatic carbocycles. The molecule has 0 aliphatic rings. The lowest BCUT2D eigenvalue weighted by atomic mass is 10.1. The summed E-state index contributed by atoms with van der Waals surface area (Å²) >= 11 is 1.36. The Balaban J connectivity index is 1.51. The van der Waals surface area contributed by atoms with Gasteiger partial charge >= 0.3 is 0 Å². The van der Waals surface area contributed by atoms with Crippen LogP contribution in [0, 0.1) is 0 Å².